The van der Waals surface area contributed by atoms with E-state index in [4.69, 9.17) is 5.14 Å². The zero-order valence-corrected chi connectivity index (χ0v) is 12.9. The van der Waals surface area contributed by atoms with Gasteiger partial charge in [0.05, 0.1) is 5.75 Å². The summed E-state index contributed by atoms with van der Waals surface area (Å²) in [6.45, 7) is 6.52. The van der Waals surface area contributed by atoms with Crippen LogP contribution in [0.4, 0.5) is 5.69 Å². The van der Waals surface area contributed by atoms with Gasteiger partial charge in [0.25, 0.3) is 0 Å². The number of anilines is 1. The second kappa shape index (κ2) is 6.11. The SMILES string of the molecule is CCNC(C)c1ccc2c(c1)CCN2CCS(N)(=O)=O. The predicted molar refractivity (Wildman–Crippen MR) is 82.4 cm³/mol. The van der Waals surface area contributed by atoms with Gasteiger partial charge in [-0.1, -0.05) is 19.1 Å². The first kappa shape index (κ1) is 15.3. The van der Waals surface area contributed by atoms with E-state index in [0.29, 0.717) is 12.6 Å². The van der Waals surface area contributed by atoms with Gasteiger partial charge in [0.2, 0.25) is 10.0 Å². The molecule has 0 aliphatic carbocycles. The monoisotopic (exact) mass is 297 g/mol. The molecular formula is C14H23N3O2S. The zero-order chi connectivity index (χ0) is 14.8. The molecule has 0 spiro atoms. The average Bonchev–Trinajstić information content (AvgIpc) is 2.78. The Morgan fingerprint density at radius 2 is 2.20 bits per heavy atom. The third-order valence-electron chi connectivity index (χ3n) is 3.75. The first-order valence-electron chi connectivity index (χ1n) is 7.02. The van der Waals surface area contributed by atoms with Crippen molar-refractivity contribution in [3.63, 3.8) is 0 Å². The van der Waals surface area contributed by atoms with Crippen molar-refractivity contribution in [1.29, 1.82) is 0 Å². The molecule has 1 aromatic rings. The summed E-state index contributed by atoms with van der Waals surface area (Å²) in [6.07, 6.45) is 0.965. The Morgan fingerprint density at radius 3 is 2.85 bits per heavy atom. The molecular weight excluding hydrogens is 274 g/mol. The number of nitrogens with one attached hydrogen (secondary N) is 1. The van der Waals surface area contributed by atoms with E-state index < -0.39 is 10.0 Å². The molecule has 0 amide bonds. The number of nitrogens with two attached hydrogens (primary N) is 1. The summed E-state index contributed by atoms with van der Waals surface area (Å²) < 4.78 is 22.1. The quantitative estimate of drug-likeness (QED) is 0.821. The van der Waals surface area contributed by atoms with Crippen molar-refractivity contribution >= 4 is 15.7 Å². The van der Waals surface area contributed by atoms with E-state index in [0.717, 1.165) is 25.2 Å². The van der Waals surface area contributed by atoms with Gasteiger partial charge in [-0.3, -0.25) is 0 Å². The first-order chi connectivity index (χ1) is 9.40. The van der Waals surface area contributed by atoms with Crippen LogP contribution in [0.2, 0.25) is 0 Å². The highest BCUT2D eigenvalue weighted by atomic mass is 32.2. The second-order valence-corrected chi connectivity index (χ2v) is 7.01. The molecule has 0 fully saturated rings. The molecule has 1 aromatic carbocycles. The smallest absolute Gasteiger partial charge is 0.210 e. The summed E-state index contributed by atoms with van der Waals surface area (Å²) >= 11 is 0. The normalized spacial score (nSPS) is 16.2. The van der Waals surface area contributed by atoms with Gasteiger partial charge in [0, 0.05) is 24.8 Å². The Balaban J connectivity index is 2.10. The summed E-state index contributed by atoms with van der Waals surface area (Å²) in [5.74, 6) is 0.00197. The molecule has 20 heavy (non-hydrogen) atoms. The zero-order valence-electron chi connectivity index (χ0n) is 12.1. The topological polar surface area (TPSA) is 75.4 Å². The van der Waals surface area contributed by atoms with E-state index >= 15 is 0 Å². The molecule has 1 unspecified atom stereocenters. The van der Waals surface area contributed by atoms with E-state index in [1.807, 2.05) is 0 Å². The molecule has 0 saturated carbocycles. The van der Waals surface area contributed by atoms with Gasteiger partial charge in [-0.25, -0.2) is 13.6 Å². The van der Waals surface area contributed by atoms with Gasteiger partial charge in [-0.05, 0) is 37.1 Å². The summed E-state index contributed by atoms with van der Waals surface area (Å²) in [5.41, 5.74) is 3.71. The number of nitrogens with zero attached hydrogens (tertiary/aromatic N) is 1. The molecule has 2 rings (SSSR count). The van der Waals surface area contributed by atoms with Crippen molar-refractivity contribution in [2.45, 2.75) is 26.3 Å². The van der Waals surface area contributed by atoms with Crippen LogP contribution in [0.1, 0.15) is 31.0 Å². The minimum Gasteiger partial charge on any atom is -0.370 e. The first-order valence-corrected chi connectivity index (χ1v) is 8.74. The molecule has 1 heterocycles. The van der Waals surface area contributed by atoms with Gasteiger partial charge in [-0.2, -0.15) is 0 Å². The Bertz CT molecular complexity index is 572. The van der Waals surface area contributed by atoms with Gasteiger partial charge in [0.1, 0.15) is 0 Å². The molecule has 1 aliphatic heterocycles. The maximum Gasteiger partial charge on any atom is 0.210 e. The Hall–Kier alpha value is -1.11. The van der Waals surface area contributed by atoms with Crippen molar-refractivity contribution in [2.24, 2.45) is 5.14 Å². The lowest BCUT2D eigenvalue weighted by atomic mass is 10.0. The summed E-state index contributed by atoms with van der Waals surface area (Å²) in [7, 11) is -3.39. The average molecular weight is 297 g/mol. The molecule has 112 valence electrons. The second-order valence-electron chi connectivity index (χ2n) is 5.27. The highest BCUT2D eigenvalue weighted by molar-refractivity contribution is 7.89. The van der Waals surface area contributed by atoms with Crippen LogP contribution in [0.5, 0.6) is 0 Å². The van der Waals surface area contributed by atoms with Gasteiger partial charge in [-0.15, -0.1) is 0 Å². The summed E-state index contributed by atoms with van der Waals surface area (Å²) in [5, 5.41) is 8.47. The highest BCUT2D eigenvalue weighted by Crippen LogP contribution is 2.30. The molecule has 6 heteroatoms. The fraction of sp³-hybridized carbons (Fsp3) is 0.571. The molecule has 0 aromatic heterocycles. The van der Waals surface area contributed by atoms with Crippen LogP contribution in [0.25, 0.3) is 0 Å². The third-order valence-corrected chi connectivity index (χ3v) is 4.50. The lowest BCUT2D eigenvalue weighted by Gasteiger charge is -2.20. The number of rotatable bonds is 6. The number of primary sulfonamides is 1. The van der Waals surface area contributed by atoms with Crippen LogP contribution >= 0.6 is 0 Å². The number of fused-ring (bicyclic) bond motifs is 1. The van der Waals surface area contributed by atoms with Crippen molar-refractivity contribution in [3.8, 4) is 0 Å². The Morgan fingerprint density at radius 1 is 1.45 bits per heavy atom. The lowest BCUT2D eigenvalue weighted by Crippen LogP contribution is -2.30. The molecule has 3 N–H and O–H groups in total. The predicted octanol–water partition coefficient (Wildman–Crippen LogP) is 1.01. The largest absolute Gasteiger partial charge is 0.370 e. The van der Waals surface area contributed by atoms with Crippen molar-refractivity contribution < 1.29 is 8.42 Å². The van der Waals surface area contributed by atoms with Crippen molar-refractivity contribution in [1.82, 2.24) is 5.32 Å². The number of hydrogen-bond acceptors (Lipinski definition) is 4. The van der Waals surface area contributed by atoms with Crippen molar-refractivity contribution in [2.75, 3.05) is 30.3 Å². The number of benzene rings is 1. The van der Waals surface area contributed by atoms with Gasteiger partial charge < -0.3 is 10.2 Å². The molecule has 1 atom stereocenters. The van der Waals surface area contributed by atoms with Gasteiger partial charge in [0.15, 0.2) is 0 Å². The standard InChI is InChI=1S/C14H23N3O2S/c1-3-16-11(2)12-4-5-14-13(10-12)6-7-17(14)8-9-20(15,18)19/h4-5,10-11,16H,3,6-9H2,1-2H3,(H2,15,18,19). The minimum absolute atomic E-state index is 0.00197. The summed E-state index contributed by atoms with van der Waals surface area (Å²) in [6, 6.07) is 6.76. The highest BCUT2D eigenvalue weighted by Gasteiger charge is 2.21. The van der Waals surface area contributed by atoms with Crippen LogP contribution in [-0.2, 0) is 16.4 Å². The fourth-order valence-corrected chi connectivity index (χ4v) is 3.13. The Labute approximate surface area is 121 Å². The molecule has 0 saturated heterocycles. The number of hydrogen-bond donors (Lipinski definition) is 2. The van der Waals surface area contributed by atoms with E-state index in [9.17, 15) is 8.42 Å². The molecule has 0 bridgehead atoms. The van der Waals surface area contributed by atoms with Crippen LogP contribution in [0.15, 0.2) is 18.2 Å². The van der Waals surface area contributed by atoms with E-state index in [2.05, 4.69) is 42.3 Å². The van der Waals surface area contributed by atoms with Crippen LogP contribution in [0, 0.1) is 0 Å². The Kier molecular flexibility index (Phi) is 4.67. The molecule has 1 aliphatic rings. The van der Waals surface area contributed by atoms with Crippen molar-refractivity contribution in [3.05, 3.63) is 29.3 Å². The molecule has 0 radical (unpaired) electrons. The maximum atomic E-state index is 11.1. The third kappa shape index (κ3) is 3.71. The molecule has 5 nitrogen and oxygen atoms in total. The van der Waals surface area contributed by atoms with Crippen LogP contribution < -0.4 is 15.4 Å². The van der Waals surface area contributed by atoms with Crippen LogP contribution in [-0.4, -0.2) is 33.8 Å². The number of sulfonamides is 1. The van der Waals surface area contributed by atoms with Gasteiger partial charge >= 0.3 is 0 Å². The lowest BCUT2D eigenvalue weighted by molar-refractivity contribution is 0.596. The minimum atomic E-state index is -3.39. The van der Waals surface area contributed by atoms with E-state index in [-0.39, 0.29) is 5.75 Å². The van der Waals surface area contributed by atoms with Crippen LogP contribution in [0.3, 0.4) is 0 Å². The fourth-order valence-electron chi connectivity index (χ4n) is 2.65. The maximum absolute atomic E-state index is 11.1. The summed E-state index contributed by atoms with van der Waals surface area (Å²) in [4.78, 5) is 2.10. The van der Waals surface area contributed by atoms with E-state index in [1.165, 1.54) is 11.1 Å². The van der Waals surface area contributed by atoms with E-state index in [1.54, 1.807) is 0 Å².